The number of ether oxygens (including phenoxy) is 1. The van der Waals surface area contributed by atoms with Crippen LogP contribution in [0.1, 0.15) is 22.8 Å². The molecule has 0 atom stereocenters. The van der Waals surface area contributed by atoms with E-state index in [-0.39, 0.29) is 15.9 Å². The van der Waals surface area contributed by atoms with Gasteiger partial charge in [-0.05, 0) is 68.5 Å². The van der Waals surface area contributed by atoms with Crippen LogP contribution in [0.15, 0.2) is 71.6 Å². The Labute approximate surface area is 233 Å². The van der Waals surface area contributed by atoms with Gasteiger partial charge in [0.1, 0.15) is 5.75 Å². The molecule has 1 saturated heterocycles. The molecule has 1 aliphatic heterocycles. The predicted octanol–water partition coefficient (Wildman–Crippen LogP) is 4.68. The van der Waals surface area contributed by atoms with E-state index >= 15 is 0 Å². The number of carbonyl (C=O) groups excluding carboxylic acids is 1. The third kappa shape index (κ3) is 6.44. The molecule has 8 nitrogen and oxygen atoms in total. The standard InChI is InChI=1S/C27H29ClN4O4S2/c1-3-36-21-7-4-6-20(18-21)26(33)30-27(37)29-24-9-5-8-23(28)25(24)31-14-16-32(17-15-31)38(34,35)22-12-10-19(2)11-13-22/h4-13,18H,3,14-17H2,1-2H3,(H2,29,30,33,37). The summed E-state index contributed by atoms with van der Waals surface area (Å²) in [5, 5.41) is 6.36. The fourth-order valence-electron chi connectivity index (χ4n) is 4.17. The van der Waals surface area contributed by atoms with Crippen molar-refractivity contribution in [3.05, 3.63) is 82.9 Å². The molecule has 0 unspecified atom stereocenters. The van der Waals surface area contributed by atoms with Gasteiger partial charge in [-0.3, -0.25) is 10.1 Å². The van der Waals surface area contributed by atoms with Gasteiger partial charge in [-0.25, -0.2) is 8.42 Å². The maximum Gasteiger partial charge on any atom is 0.257 e. The van der Waals surface area contributed by atoms with E-state index in [4.69, 9.17) is 28.6 Å². The van der Waals surface area contributed by atoms with Crippen molar-refractivity contribution >= 4 is 56.2 Å². The minimum Gasteiger partial charge on any atom is -0.494 e. The van der Waals surface area contributed by atoms with E-state index in [0.717, 1.165) is 5.56 Å². The zero-order valence-electron chi connectivity index (χ0n) is 21.1. The largest absolute Gasteiger partial charge is 0.494 e. The van der Waals surface area contributed by atoms with Crippen molar-refractivity contribution in [2.24, 2.45) is 0 Å². The third-order valence-electron chi connectivity index (χ3n) is 6.08. The number of aryl methyl sites for hydroxylation is 1. The number of halogens is 1. The van der Waals surface area contributed by atoms with E-state index in [1.54, 1.807) is 60.7 Å². The van der Waals surface area contributed by atoms with Gasteiger partial charge >= 0.3 is 0 Å². The molecule has 1 fully saturated rings. The van der Waals surface area contributed by atoms with Gasteiger partial charge in [0, 0.05) is 31.7 Å². The topological polar surface area (TPSA) is 91.0 Å². The van der Waals surface area contributed by atoms with Crippen LogP contribution in [0.3, 0.4) is 0 Å². The highest BCUT2D eigenvalue weighted by molar-refractivity contribution is 7.89. The van der Waals surface area contributed by atoms with E-state index < -0.39 is 10.0 Å². The molecule has 0 bridgehead atoms. The molecule has 1 heterocycles. The molecule has 200 valence electrons. The first-order chi connectivity index (χ1) is 18.2. The fraction of sp³-hybridized carbons (Fsp3) is 0.259. The van der Waals surface area contributed by atoms with Gasteiger partial charge in [-0.1, -0.05) is 41.4 Å². The van der Waals surface area contributed by atoms with Gasteiger partial charge < -0.3 is 15.0 Å². The number of benzene rings is 3. The van der Waals surface area contributed by atoms with Crippen LogP contribution in [-0.2, 0) is 10.0 Å². The predicted molar refractivity (Wildman–Crippen MR) is 155 cm³/mol. The lowest BCUT2D eigenvalue weighted by atomic mass is 10.2. The van der Waals surface area contributed by atoms with Crippen molar-refractivity contribution in [3.8, 4) is 5.75 Å². The lowest BCUT2D eigenvalue weighted by molar-refractivity contribution is 0.0977. The van der Waals surface area contributed by atoms with Gasteiger partial charge in [0.15, 0.2) is 5.11 Å². The molecule has 1 amide bonds. The number of amides is 1. The molecule has 0 saturated carbocycles. The Kier molecular flexibility index (Phi) is 8.88. The lowest BCUT2D eigenvalue weighted by Gasteiger charge is -2.36. The Hall–Kier alpha value is -3.18. The zero-order valence-corrected chi connectivity index (χ0v) is 23.5. The second-order valence-electron chi connectivity index (χ2n) is 8.71. The van der Waals surface area contributed by atoms with Crippen LogP contribution < -0.4 is 20.3 Å². The van der Waals surface area contributed by atoms with Crippen molar-refractivity contribution in [2.45, 2.75) is 18.7 Å². The van der Waals surface area contributed by atoms with E-state index in [2.05, 4.69) is 10.6 Å². The van der Waals surface area contributed by atoms with Gasteiger partial charge in [-0.15, -0.1) is 0 Å². The molecule has 0 aliphatic carbocycles. The molecule has 0 radical (unpaired) electrons. The average molecular weight is 573 g/mol. The summed E-state index contributed by atoms with van der Waals surface area (Å²) in [5.74, 6) is 0.224. The first-order valence-electron chi connectivity index (χ1n) is 12.1. The molecular weight excluding hydrogens is 544 g/mol. The Morgan fingerprint density at radius 2 is 1.71 bits per heavy atom. The summed E-state index contributed by atoms with van der Waals surface area (Å²) in [6, 6.07) is 19.1. The Morgan fingerprint density at radius 3 is 2.39 bits per heavy atom. The van der Waals surface area contributed by atoms with Crippen LogP contribution in [0.5, 0.6) is 5.75 Å². The van der Waals surface area contributed by atoms with Crippen LogP contribution in [0.25, 0.3) is 0 Å². The molecule has 2 N–H and O–H groups in total. The average Bonchev–Trinajstić information content (AvgIpc) is 2.89. The number of hydrogen-bond donors (Lipinski definition) is 2. The molecular formula is C27H29ClN4O4S2. The summed E-state index contributed by atoms with van der Waals surface area (Å²) in [6.07, 6.45) is 0. The number of rotatable bonds is 7. The minimum atomic E-state index is -3.59. The summed E-state index contributed by atoms with van der Waals surface area (Å²) < 4.78 is 33.2. The van der Waals surface area contributed by atoms with Gasteiger partial charge in [0.25, 0.3) is 5.91 Å². The number of para-hydroxylation sites is 1. The summed E-state index contributed by atoms with van der Waals surface area (Å²) in [7, 11) is -3.59. The molecule has 3 aromatic carbocycles. The second-order valence-corrected chi connectivity index (χ2v) is 11.5. The molecule has 0 spiro atoms. The van der Waals surface area contributed by atoms with E-state index in [9.17, 15) is 13.2 Å². The van der Waals surface area contributed by atoms with Crippen LogP contribution in [0, 0.1) is 6.92 Å². The normalized spacial score (nSPS) is 14.1. The van der Waals surface area contributed by atoms with Crippen LogP contribution >= 0.6 is 23.8 Å². The summed E-state index contributed by atoms with van der Waals surface area (Å²) in [4.78, 5) is 15.0. The minimum absolute atomic E-state index is 0.112. The van der Waals surface area contributed by atoms with Crippen LogP contribution in [0.4, 0.5) is 11.4 Å². The van der Waals surface area contributed by atoms with Gasteiger partial charge in [0.05, 0.1) is 27.9 Å². The number of nitrogens with zero attached hydrogens (tertiary/aromatic N) is 2. The number of anilines is 2. The highest BCUT2D eigenvalue weighted by Crippen LogP contribution is 2.35. The van der Waals surface area contributed by atoms with Crippen molar-refractivity contribution < 1.29 is 17.9 Å². The first kappa shape index (κ1) is 27.8. The van der Waals surface area contributed by atoms with Gasteiger partial charge in [0.2, 0.25) is 10.0 Å². The SMILES string of the molecule is CCOc1cccc(C(=O)NC(=S)Nc2cccc(Cl)c2N2CCN(S(=O)(=O)c3ccc(C)cc3)CC2)c1. The van der Waals surface area contributed by atoms with E-state index in [0.29, 0.717) is 60.5 Å². The summed E-state index contributed by atoms with van der Waals surface area (Å²) >= 11 is 12.0. The molecule has 1 aliphatic rings. The van der Waals surface area contributed by atoms with Crippen molar-refractivity contribution in [3.63, 3.8) is 0 Å². The summed E-state index contributed by atoms with van der Waals surface area (Å²) in [5.41, 5.74) is 2.72. The first-order valence-corrected chi connectivity index (χ1v) is 14.4. The van der Waals surface area contributed by atoms with E-state index in [1.165, 1.54) is 4.31 Å². The number of carbonyl (C=O) groups is 1. The van der Waals surface area contributed by atoms with Crippen LogP contribution in [-0.4, -0.2) is 56.5 Å². The van der Waals surface area contributed by atoms with E-state index in [1.807, 2.05) is 24.8 Å². The highest BCUT2D eigenvalue weighted by Gasteiger charge is 2.30. The Morgan fingerprint density at radius 1 is 1.03 bits per heavy atom. The van der Waals surface area contributed by atoms with Crippen molar-refractivity contribution in [1.82, 2.24) is 9.62 Å². The zero-order chi connectivity index (χ0) is 27.3. The monoisotopic (exact) mass is 572 g/mol. The maximum absolute atomic E-state index is 13.1. The number of hydrogen-bond acceptors (Lipinski definition) is 6. The molecule has 4 rings (SSSR count). The molecule has 3 aromatic rings. The molecule has 38 heavy (non-hydrogen) atoms. The third-order valence-corrected chi connectivity index (χ3v) is 8.50. The Balaban J connectivity index is 1.43. The second kappa shape index (κ2) is 12.1. The summed E-state index contributed by atoms with van der Waals surface area (Å²) in [6.45, 7) is 5.77. The number of sulfonamides is 1. The Bertz CT molecular complexity index is 1420. The number of nitrogens with one attached hydrogen (secondary N) is 2. The quantitative estimate of drug-likeness (QED) is 0.397. The highest BCUT2D eigenvalue weighted by atomic mass is 35.5. The number of piperazine rings is 1. The van der Waals surface area contributed by atoms with Crippen molar-refractivity contribution in [2.75, 3.05) is 43.0 Å². The lowest BCUT2D eigenvalue weighted by Crippen LogP contribution is -2.49. The van der Waals surface area contributed by atoms with Crippen LogP contribution in [0.2, 0.25) is 5.02 Å². The van der Waals surface area contributed by atoms with Gasteiger partial charge in [-0.2, -0.15) is 4.31 Å². The molecule has 0 aromatic heterocycles. The van der Waals surface area contributed by atoms with Crippen molar-refractivity contribution in [1.29, 1.82) is 0 Å². The fourth-order valence-corrected chi connectivity index (χ4v) is 6.09. The smallest absolute Gasteiger partial charge is 0.257 e. The molecule has 11 heteroatoms. The number of thiocarbonyl (C=S) groups is 1. The maximum atomic E-state index is 13.1.